The molecule has 0 aromatic heterocycles. The van der Waals surface area contributed by atoms with Crippen LogP contribution in [-0.2, 0) is 0 Å². The first-order chi connectivity index (χ1) is 9.66. The van der Waals surface area contributed by atoms with Gasteiger partial charge in [0, 0.05) is 26.4 Å². The number of carbonyl (C=O) groups excluding carboxylic acids is 1. The van der Waals surface area contributed by atoms with Gasteiger partial charge in [0.2, 0.25) is 0 Å². The molecule has 2 aromatic carbocycles. The van der Waals surface area contributed by atoms with Gasteiger partial charge in [-0.05, 0) is 24.3 Å². The van der Waals surface area contributed by atoms with Crippen LogP contribution in [0.4, 0.5) is 0 Å². The number of rotatable bonds is 5. The van der Waals surface area contributed by atoms with E-state index in [4.69, 9.17) is 4.74 Å². The minimum Gasteiger partial charge on any atom is -0.457 e. The third-order valence-corrected chi connectivity index (χ3v) is 2.65. The average Bonchev–Trinajstić information content (AvgIpc) is 2.46. The lowest BCUT2D eigenvalue weighted by atomic mass is 10.1. The number of hydrogen-bond acceptors (Lipinski definition) is 3. The molecule has 2 aromatic rings. The fraction of sp³-hybridized carbons (Fsp3) is 0.118. The van der Waals surface area contributed by atoms with Crippen molar-refractivity contribution in [2.24, 2.45) is 0 Å². The van der Waals surface area contributed by atoms with E-state index in [0.29, 0.717) is 17.1 Å². The third kappa shape index (κ3) is 3.72. The van der Waals surface area contributed by atoms with E-state index < -0.39 is 0 Å². The SMILES string of the molecule is CN(C)/C=C/C(=O)c1ccccc1Oc1ccccc1. The predicted octanol–water partition coefficient (Wildman–Crippen LogP) is 3.74. The second kappa shape index (κ2) is 6.57. The fourth-order valence-corrected chi connectivity index (χ4v) is 1.68. The molecule has 0 aliphatic rings. The van der Waals surface area contributed by atoms with Gasteiger partial charge in [0.05, 0.1) is 5.56 Å². The summed E-state index contributed by atoms with van der Waals surface area (Å²) in [7, 11) is 3.74. The lowest BCUT2D eigenvalue weighted by Crippen LogP contribution is -2.04. The number of carbonyl (C=O) groups is 1. The molecule has 0 saturated heterocycles. The first-order valence-corrected chi connectivity index (χ1v) is 6.38. The van der Waals surface area contributed by atoms with Crippen LogP contribution in [0.1, 0.15) is 10.4 Å². The largest absolute Gasteiger partial charge is 0.457 e. The zero-order valence-corrected chi connectivity index (χ0v) is 11.6. The lowest BCUT2D eigenvalue weighted by Gasteiger charge is -2.09. The van der Waals surface area contributed by atoms with Crippen molar-refractivity contribution >= 4 is 5.78 Å². The Balaban J connectivity index is 2.24. The van der Waals surface area contributed by atoms with Gasteiger partial charge in [0.25, 0.3) is 0 Å². The van der Waals surface area contributed by atoms with Gasteiger partial charge in [-0.2, -0.15) is 0 Å². The molecule has 3 nitrogen and oxygen atoms in total. The van der Waals surface area contributed by atoms with Crippen molar-refractivity contribution in [3.63, 3.8) is 0 Å². The smallest absolute Gasteiger partial charge is 0.191 e. The van der Waals surface area contributed by atoms with Gasteiger partial charge in [0.1, 0.15) is 11.5 Å². The van der Waals surface area contributed by atoms with Crippen molar-refractivity contribution in [2.75, 3.05) is 14.1 Å². The number of allylic oxidation sites excluding steroid dienone is 1. The Labute approximate surface area is 119 Å². The minimum atomic E-state index is -0.0785. The highest BCUT2D eigenvalue weighted by Crippen LogP contribution is 2.25. The molecule has 0 heterocycles. The zero-order chi connectivity index (χ0) is 14.4. The molecule has 0 aliphatic heterocycles. The molecule has 20 heavy (non-hydrogen) atoms. The molecule has 3 heteroatoms. The van der Waals surface area contributed by atoms with Crippen molar-refractivity contribution < 1.29 is 9.53 Å². The molecule has 0 saturated carbocycles. The molecule has 0 amide bonds. The second-order valence-electron chi connectivity index (χ2n) is 4.55. The van der Waals surface area contributed by atoms with Crippen molar-refractivity contribution in [3.8, 4) is 11.5 Å². The number of benzene rings is 2. The normalized spacial score (nSPS) is 10.5. The topological polar surface area (TPSA) is 29.5 Å². The predicted molar refractivity (Wildman–Crippen MR) is 80.1 cm³/mol. The first-order valence-electron chi connectivity index (χ1n) is 6.38. The van der Waals surface area contributed by atoms with E-state index in [0.717, 1.165) is 0 Å². The highest BCUT2D eigenvalue weighted by atomic mass is 16.5. The summed E-state index contributed by atoms with van der Waals surface area (Å²) in [5.41, 5.74) is 0.550. The Morgan fingerprint density at radius 3 is 2.35 bits per heavy atom. The van der Waals surface area contributed by atoms with Crippen molar-refractivity contribution in [1.82, 2.24) is 4.90 Å². The van der Waals surface area contributed by atoms with Crippen LogP contribution in [0.15, 0.2) is 66.9 Å². The maximum atomic E-state index is 12.2. The summed E-state index contributed by atoms with van der Waals surface area (Å²) >= 11 is 0. The molecule has 0 spiro atoms. The monoisotopic (exact) mass is 267 g/mol. The van der Waals surface area contributed by atoms with Gasteiger partial charge in [-0.1, -0.05) is 30.3 Å². The van der Waals surface area contributed by atoms with E-state index >= 15 is 0 Å². The molecule has 0 unspecified atom stereocenters. The molecule has 0 radical (unpaired) electrons. The summed E-state index contributed by atoms with van der Waals surface area (Å²) in [5, 5.41) is 0. The molecular formula is C17H17NO2. The summed E-state index contributed by atoms with van der Waals surface area (Å²) in [6, 6.07) is 16.7. The first kappa shape index (κ1) is 13.9. The highest BCUT2D eigenvalue weighted by Gasteiger charge is 2.10. The molecule has 0 atom stereocenters. The number of nitrogens with zero attached hydrogens (tertiary/aromatic N) is 1. The van der Waals surface area contributed by atoms with Crippen LogP contribution in [0, 0.1) is 0 Å². The standard InChI is InChI=1S/C17H17NO2/c1-18(2)13-12-16(19)15-10-6-7-11-17(15)20-14-8-4-3-5-9-14/h3-13H,1-2H3/b13-12+. The molecular weight excluding hydrogens is 250 g/mol. The Hall–Kier alpha value is -2.55. The number of hydrogen-bond donors (Lipinski definition) is 0. The van der Waals surface area contributed by atoms with Crippen molar-refractivity contribution in [1.29, 1.82) is 0 Å². The van der Waals surface area contributed by atoms with Gasteiger partial charge >= 0.3 is 0 Å². The number of para-hydroxylation sites is 2. The minimum absolute atomic E-state index is 0.0785. The molecule has 0 N–H and O–H groups in total. The molecule has 102 valence electrons. The van der Waals surface area contributed by atoms with Crippen molar-refractivity contribution in [2.45, 2.75) is 0 Å². The van der Waals surface area contributed by atoms with Crippen LogP contribution < -0.4 is 4.74 Å². The summed E-state index contributed by atoms with van der Waals surface area (Å²) in [4.78, 5) is 14.0. The summed E-state index contributed by atoms with van der Waals surface area (Å²) in [5.74, 6) is 1.20. The zero-order valence-electron chi connectivity index (χ0n) is 11.6. The van der Waals surface area contributed by atoms with E-state index in [1.54, 1.807) is 18.3 Å². The maximum absolute atomic E-state index is 12.2. The van der Waals surface area contributed by atoms with Crippen LogP contribution in [0.5, 0.6) is 11.5 Å². The van der Waals surface area contributed by atoms with Gasteiger partial charge in [-0.3, -0.25) is 4.79 Å². The molecule has 0 bridgehead atoms. The fourth-order valence-electron chi connectivity index (χ4n) is 1.68. The third-order valence-electron chi connectivity index (χ3n) is 2.65. The highest BCUT2D eigenvalue weighted by molar-refractivity contribution is 6.06. The summed E-state index contributed by atoms with van der Waals surface area (Å²) in [6.45, 7) is 0. The number of ether oxygens (including phenoxy) is 1. The van der Waals surface area contributed by atoms with Gasteiger partial charge < -0.3 is 9.64 Å². The van der Waals surface area contributed by atoms with Gasteiger partial charge in [0.15, 0.2) is 5.78 Å². The van der Waals surface area contributed by atoms with Crippen LogP contribution in [0.2, 0.25) is 0 Å². The number of ketones is 1. The van der Waals surface area contributed by atoms with Crippen LogP contribution >= 0.6 is 0 Å². The van der Waals surface area contributed by atoms with E-state index in [-0.39, 0.29) is 5.78 Å². The average molecular weight is 267 g/mol. The van der Waals surface area contributed by atoms with E-state index in [1.165, 1.54) is 6.08 Å². The Morgan fingerprint density at radius 2 is 1.65 bits per heavy atom. The lowest BCUT2D eigenvalue weighted by molar-refractivity contribution is 0.104. The van der Waals surface area contributed by atoms with Crippen LogP contribution in [0.25, 0.3) is 0 Å². The van der Waals surface area contributed by atoms with Crippen LogP contribution in [0.3, 0.4) is 0 Å². The Morgan fingerprint density at radius 1 is 1.00 bits per heavy atom. The maximum Gasteiger partial charge on any atom is 0.191 e. The Kier molecular flexibility index (Phi) is 4.56. The quantitative estimate of drug-likeness (QED) is 0.610. The Bertz CT molecular complexity index is 603. The van der Waals surface area contributed by atoms with Gasteiger partial charge in [-0.15, -0.1) is 0 Å². The molecule has 0 aliphatic carbocycles. The van der Waals surface area contributed by atoms with E-state index in [2.05, 4.69) is 0 Å². The summed E-state index contributed by atoms with van der Waals surface area (Å²) < 4.78 is 5.77. The molecule has 2 rings (SSSR count). The van der Waals surface area contributed by atoms with E-state index in [1.807, 2.05) is 61.5 Å². The van der Waals surface area contributed by atoms with E-state index in [9.17, 15) is 4.79 Å². The van der Waals surface area contributed by atoms with Crippen molar-refractivity contribution in [3.05, 3.63) is 72.4 Å². The summed E-state index contributed by atoms with van der Waals surface area (Å²) in [6.07, 6.45) is 3.26. The second-order valence-corrected chi connectivity index (χ2v) is 4.55. The van der Waals surface area contributed by atoms with Gasteiger partial charge in [-0.25, -0.2) is 0 Å². The molecule has 0 fully saturated rings. The van der Waals surface area contributed by atoms with Crippen LogP contribution in [-0.4, -0.2) is 24.8 Å².